The van der Waals surface area contributed by atoms with Crippen LogP contribution in [0.4, 0.5) is 0 Å². The normalized spacial score (nSPS) is 12.8. The molecule has 1 aromatic rings. The molecule has 0 bridgehead atoms. The van der Waals surface area contributed by atoms with Crippen LogP contribution in [-0.2, 0) is 17.7 Å². The van der Waals surface area contributed by atoms with Crippen LogP contribution in [0.2, 0.25) is 6.55 Å². The van der Waals surface area contributed by atoms with Gasteiger partial charge in [-0.3, -0.25) is 0 Å². The molecule has 0 aromatic heterocycles. The van der Waals surface area contributed by atoms with E-state index >= 15 is 0 Å². The average molecular weight is 272 g/mol. The molecular formula is C11H20O4Si2. The Labute approximate surface area is 105 Å². The molecular weight excluding hydrogens is 252 g/mol. The lowest BCUT2D eigenvalue weighted by Gasteiger charge is -2.38. The first-order chi connectivity index (χ1) is 8.10. The van der Waals surface area contributed by atoms with E-state index in [9.17, 15) is 0 Å². The molecule has 1 aromatic carbocycles. The van der Waals surface area contributed by atoms with Gasteiger partial charge in [0.25, 0.3) is 0 Å². The van der Waals surface area contributed by atoms with Crippen molar-refractivity contribution in [3.05, 3.63) is 30.3 Å². The minimum Gasteiger partial charge on any atom is -0.397 e. The second kappa shape index (κ2) is 5.90. The zero-order chi connectivity index (χ0) is 12.9. The Hall–Kier alpha value is -0.506. The molecule has 0 aliphatic rings. The van der Waals surface area contributed by atoms with Crippen LogP contribution >= 0.6 is 0 Å². The standard InChI is InChI=1S/C11H20O4Si2/c1-12-16(5,13-2)17(14-3,15-4)11-9-7-6-8-10-11/h6-10H,1-5H3. The van der Waals surface area contributed by atoms with E-state index in [4.69, 9.17) is 17.7 Å². The molecule has 0 amide bonds. The molecule has 0 spiro atoms. The van der Waals surface area contributed by atoms with Gasteiger partial charge in [0.05, 0.1) is 0 Å². The van der Waals surface area contributed by atoms with Gasteiger partial charge >= 0.3 is 16.2 Å². The number of benzene rings is 1. The van der Waals surface area contributed by atoms with Gasteiger partial charge < -0.3 is 17.7 Å². The molecule has 1 rings (SSSR count). The van der Waals surface area contributed by atoms with Crippen molar-refractivity contribution in [3.63, 3.8) is 0 Å². The first kappa shape index (κ1) is 14.6. The second-order valence-electron chi connectivity index (χ2n) is 3.74. The van der Waals surface area contributed by atoms with Crippen LogP contribution in [0.5, 0.6) is 0 Å². The fraction of sp³-hybridized carbons (Fsp3) is 0.455. The first-order valence-corrected chi connectivity index (χ1v) is 10.5. The Morgan fingerprint density at radius 1 is 0.765 bits per heavy atom. The van der Waals surface area contributed by atoms with E-state index in [1.807, 2.05) is 36.9 Å². The Bertz CT molecular complexity index is 337. The fourth-order valence-electron chi connectivity index (χ4n) is 1.96. The number of hydrogen-bond acceptors (Lipinski definition) is 4. The molecule has 4 nitrogen and oxygen atoms in total. The molecule has 0 saturated heterocycles. The third-order valence-electron chi connectivity index (χ3n) is 3.11. The zero-order valence-corrected chi connectivity index (χ0v) is 13.0. The van der Waals surface area contributed by atoms with Gasteiger partial charge in [0, 0.05) is 28.4 Å². The van der Waals surface area contributed by atoms with E-state index < -0.39 is 16.2 Å². The molecule has 0 radical (unpaired) electrons. The zero-order valence-electron chi connectivity index (χ0n) is 11.0. The third-order valence-corrected chi connectivity index (χ3v) is 15.0. The molecule has 6 heteroatoms. The van der Waals surface area contributed by atoms with Gasteiger partial charge in [-0.15, -0.1) is 0 Å². The second-order valence-corrected chi connectivity index (χ2v) is 13.8. The van der Waals surface area contributed by atoms with Crippen molar-refractivity contribution in [2.75, 3.05) is 28.4 Å². The van der Waals surface area contributed by atoms with E-state index in [1.165, 1.54) is 0 Å². The molecule has 0 fully saturated rings. The largest absolute Gasteiger partial charge is 0.416 e. The van der Waals surface area contributed by atoms with E-state index in [2.05, 4.69) is 0 Å². The SMILES string of the molecule is CO[Si](C)(OC)[Si](OC)(OC)c1ccccc1. The van der Waals surface area contributed by atoms with Crippen LogP contribution in [0.25, 0.3) is 0 Å². The average Bonchev–Trinajstić information content (AvgIpc) is 2.41. The summed E-state index contributed by atoms with van der Waals surface area (Å²) >= 11 is 0. The van der Waals surface area contributed by atoms with Crippen LogP contribution in [0.1, 0.15) is 0 Å². The Balaban J connectivity index is 3.32. The minimum atomic E-state index is -2.68. The fourth-order valence-corrected chi connectivity index (χ4v) is 11.1. The quantitative estimate of drug-likeness (QED) is 0.726. The van der Waals surface area contributed by atoms with E-state index in [-0.39, 0.29) is 0 Å². The number of rotatable bonds is 6. The highest BCUT2D eigenvalue weighted by molar-refractivity contribution is 7.36. The summed E-state index contributed by atoms with van der Waals surface area (Å²) < 4.78 is 22.7. The highest BCUT2D eigenvalue weighted by Crippen LogP contribution is 2.22. The lowest BCUT2D eigenvalue weighted by Crippen LogP contribution is -2.73. The smallest absolute Gasteiger partial charge is 0.397 e. The van der Waals surface area contributed by atoms with E-state index in [0.29, 0.717) is 0 Å². The molecule has 0 atom stereocenters. The minimum absolute atomic E-state index is 1.03. The molecule has 0 unspecified atom stereocenters. The molecule has 0 aliphatic heterocycles. The topological polar surface area (TPSA) is 36.9 Å². The summed E-state index contributed by atoms with van der Waals surface area (Å²) in [6, 6.07) is 9.90. The van der Waals surface area contributed by atoms with Gasteiger partial charge in [0.2, 0.25) is 0 Å². The summed E-state index contributed by atoms with van der Waals surface area (Å²) in [5.74, 6) is 0. The van der Waals surface area contributed by atoms with Gasteiger partial charge in [0.15, 0.2) is 0 Å². The predicted octanol–water partition coefficient (Wildman–Crippen LogP) is 1.07. The summed E-state index contributed by atoms with van der Waals surface area (Å²) in [5.41, 5.74) is 0. The Morgan fingerprint density at radius 3 is 1.59 bits per heavy atom. The summed E-state index contributed by atoms with van der Waals surface area (Å²) in [4.78, 5) is 0. The Kier molecular flexibility index (Phi) is 5.05. The lowest BCUT2D eigenvalue weighted by atomic mass is 10.4. The maximum Gasteiger partial charge on any atom is 0.416 e. The van der Waals surface area contributed by atoms with Crippen LogP contribution < -0.4 is 5.19 Å². The van der Waals surface area contributed by atoms with E-state index in [0.717, 1.165) is 5.19 Å². The molecule has 0 N–H and O–H groups in total. The maximum atomic E-state index is 5.75. The van der Waals surface area contributed by atoms with Gasteiger partial charge in [-0.2, -0.15) is 0 Å². The molecule has 0 heterocycles. The van der Waals surface area contributed by atoms with Crippen LogP contribution in [-0.4, -0.2) is 44.6 Å². The van der Waals surface area contributed by atoms with Crippen LogP contribution in [0.15, 0.2) is 30.3 Å². The predicted molar refractivity (Wildman–Crippen MR) is 71.5 cm³/mol. The summed E-state index contributed by atoms with van der Waals surface area (Å²) in [5, 5.41) is 1.03. The molecule has 96 valence electrons. The van der Waals surface area contributed by atoms with Crippen molar-refractivity contribution >= 4 is 21.3 Å². The first-order valence-electron chi connectivity index (χ1n) is 5.36. The third kappa shape index (κ3) is 2.37. The summed E-state index contributed by atoms with van der Waals surface area (Å²) in [6.07, 6.45) is 0. The monoisotopic (exact) mass is 272 g/mol. The van der Waals surface area contributed by atoms with Crippen LogP contribution in [0.3, 0.4) is 0 Å². The van der Waals surface area contributed by atoms with E-state index in [1.54, 1.807) is 28.4 Å². The van der Waals surface area contributed by atoms with Crippen molar-refractivity contribution in [2.45, 2.75) is 6.55 Å². The van der Waals surface area contributed by atoms with Gasteiger partial charge in [-0.05, 0) is 11.7 Å². The Morgan fingerprint density at radius 2 is 1.24 bits per heavy atom. The molecule has 17 heavy (non-hydrogen) atoms. The van der Waals surface area contributed by atoms with Crippen molar-refractivity contribution in [1.82, 2.24) is 0 Å². The van der Waals surface area contributed by atoms with Gasteiger partial charge in [-0.25, -0.2) is 0 Å². The molecule has 0 aliphatic carbocycles. The lowest BCUT2D eigenvalue weighted by molar-refractivity contribution is 0.214. The van der Waals surface area contributed by atoms with Crippen molar-refractivity contribution in [2.24, 2.45) is 0 Å². The summed E-state index contributed by atoms with van der Waals surface area (Å²) in [6.45, 7) is 1.97. The number of hydrogen-bond donors (Lipinski definition) is 0. The van der Waals surface area contributed by atoms with Crippen LogP contribution in [0, 0.1) is 0 Å². The van der Waals surface area contributed by atoms with Gasteiger partial charge in [0.1, 0.15) is 0 Å². The maximum absolute atomic E-state index is 5.75. The molecule has 0 saturated carbocycles. The van der Waals surface area contributed by atoms with Crippen molar-refractivity contribution < 1.29 is 17.7 Å². The van der Waals surface area contributed by atoms with Crippen molar-refractivity contribution in [3.8, 4) is 0 Å². The highest BCUT2D eigenvalue weighted by Gasteiger charge is 2.61. The van der Waals surface area contributed by atoms with Gasteiger partial charge in [-0.1, -0.05) is 30.3 Å². The highest BCUT2D eigenvalue weighted by atomic mass is 29.3. The summed E-state index contributed by atoms with van der Waals surface area (Å²) in [7, 11) is 1.42. The van der Waals surface area contributed by atoms with Crippen molar-refractivity contribution in [1.29, 1.82) is 0 Å².